The van der Waals surface area contributed by atoms with Gasteiger partial charge in [-0.1, -0.05) is 54.1 Å². The van der Waals surface area contributed by atoms with E-state index in [4.69, 9.17) is 4.74 Å². The SMILES string of the molecule is Cc1cccc(CCOc2cc(NC3(C(=O)O)Cc4ccccc4C3)ccc2C(F)(F)F)c1. The molecule has 2 N–H and O–H groups in total. The maximum atomic E-state index is 13.6. The molecule has 0 amide bonds. The third-order valence-electron chi connectivity index (χ3n) is 5.91. The summed E-state index contributed by atoms with van der Waals surface area (Å²) in [5.74, 6) is -1.38. The van der Waals surface area contributed by atoms with E-state index in [0.29, 0.717) is 6.42 Å². The lowest BCUT2D eigenvalue weighted by Crippen LogP contribution is -2.47. The summed E-state index contributed by atoms with van der Waals surface area (Å²) in [4.78, 5) is 12.2. The lowest BCUT2D eigenvalue weighted by molar-refractivity contribution is -0.142. The highest BCUT2D eigenvalue weighted by Crippen LogP contribution is 2.39. The number of hydrogen-bond acceptors (Lipinski definition) is 3. The van der Waals surface area contributed by atoms with Crippen molar-refractivity contribution in [1.29, 1.82) is 0 Å². The highest BCUT2D eigenvalue weighted by molar-refractivity contribution is 5.85. The molecule has 0 saturated carbocycles. The summed E-state index contributed by atoms with van der Waals surface area (Å²) in [6.07, 6.45) is -3.66. The second-order valence-electron chi connectivity index (χ2n) is 8.43. The van der Waals surface area contributed by atoms with Crippen LogP contribution in [-0.4, -0.2) is 23.2 Å². The summed E-state index contributed by atoms with van der Waals surface area (Å²) in [5, 5.41) is 13.0. The molecule has 4 nitrogen and oxygen atoms in total. The van der Waals surface area contributed by atoms with Crippen LogP contribution in [0.5, 0.6) is 5.75 Å². The Morgan fingerprint density at radius 1 is 1.03 bits per heavy atom. The van der Waals surface area contributed by atoms with Gasteiger partial charge in [-0.2, -0.15) is 13.2 Å². The van der Waals surface area contributed by atoms with Crippen molar-refractivity contribution in [3.05, 3.63) is 94.5 Å². The summed E-state index contributed by atoms with van der Waals surface area (Å²) < 4.78 is 46.3. The molecule has 0 fully saturated rings. The topological polar surface area (TPSA) is 58.6 Å². The number of carboxylic acid groups (broad SMARTS) is 1. The quantitative estimate of drug-likeness (QED) is 0.482. The molecule has 0 bridgehead atoms. The molecule has 0 saturated heterocycles. The zero-order valence-corrected chi connectivity index (χ0v) is 18.1. The maximum Gasteiger partial charge on any atom is 0.419 e. The van der Waals surface area contributed by atoms with Crippen molar-refractivity contribution >= 4 is 11.7 Å². The van der Waals surface area contributed by atoms with Gasteiger partial charge in [0.1, 0.15) is 11.3 Å². The summed E-state index contributed by atoms with van der Waals surface area (Å²) in [5.41, 5.74) is 1.89. The molecule has 0 aromatic heterocycles. The van der Waals surface area contributed by atoms with Gasteiger partial charge >= 0.3 is 12.1 Å². The van der Waals surface area contributed by atoms with E-state index in [-0.39, 0.29) is 30.9 Å². The number of benzene rings is 3. The molecule has 0 unspecified atom stereocenters. The summed E-state index contributed by atoms with van der Waals surface area (Å²) in [7, 11) is 0. The average Bonchev–Trinajstić information content (AvgIpc) is 3.13. The van der Waals surface area contributed by atoms with Crippen molar-refractivity contribution in [1.82, 2.24) is 0 Å². The molecule has 1 aliphatic rings. The molecule has 0 aliphatic heterocycles. The summed E-state index contributed by atoms with van der Waals surface area (Å²) >= 11 is 0. The van der Waals surface area contributed by atoms with E-state index in [0.717, 1.165) is 28.3 Å². The van der Waals surface area contributed by atoms with Crippen molar-refractivity contribution in [3.8, 4) is 5.75 Å². The Morgan fingerprint density at radius 2 is 1.73 bits per heavy atom. The number of anilines is 1. The van der Waals surface area contributed by atoms with Gasteiger partial charge in [0, 0.05) is 31.0 Å². The van der Waals surface area contributed by atoms with Crippen LogP contribution in [-0.2, 0) is 30.2 Å². The Hall–Kier alpha value is -3.48. The van der Waals surface area contributed by atoms with Gasteiger partial charge < -0.3 is 15.2 Å². The molecule has 0 heterocycles. The number of rotatable bonds is 7. The number of halogens is 3. The second-order valence-corrected chi connectivity index (χ2v) is 8.43. The molecule has 7 heteroatoms. The van der Waals surface area contributed by atoms with Crippen LogP contribution in [0.4, 0.5) is 18.9 Å². The number of aryl methyl sites for hydroxylation is 1. The van der Waals surface area contributed by atoms with Crippen LogP contribution < -0.4 is 10.1 Å². The van der Waals surface area contributed by atoms with Crippen molar-refractivity contribution in [2.75, 3.05) is 11.9 Å². The minimum absolute atomic E-state index is 0.0610. The predicted molar refractivity (Wildman–Crippen MR) is 120 cm³/mol. The number of carboxylic acids is 1. The lowest BCUT2D eigenvalue weighted by atomic mass is 9.95. The first kappa shape index (κ1) is 22.7. The van der Waals surface area contributed by atoms with Crippen molar-refractivity contribution < 1.29 is 27.8 Å². The van der Waals surface area contributed by atoms with Gasteiger partial charge in [0.25, 0.3) is 0 Å². The van der Waals surface area contributed by atoms with Gasteiger partial charge in [-0.25, -0.2) is 4.79 Å². The third-order valence-corrected chi connectivity index (χ3v) is 5.91. The molecular weight excluding hydrogens is 431 g/mol. The summed E-state index contributed by atoms with van der Waals surface area (Å²) in [6, 6.07) is 18.5. The van der Waals surface area contributed by atoms with E-state index in [1.165, 1.54) is 12.1 Å². The fourth-order valence-electron chi connectivity index (χ4n) is 4.28. The molecule has 3 aromatic carbocycles. The van der Waals surface area contributed by atoms with Crippen LogP contribution in [0.25, 0.3) is 0 Å². The van der Waals surface area contributed by atoms with Crippen LogP contribution in [0.1, 0.15) is 27.8 Å². The number of nitrogens with one attached hydrogen (secondary N) is 1. The minimum Gasteiger partial charge on any atom is -0.493 e. The van der Waals surface area contributed by atoms with E-state index in [2.05, 4.69) is 5.32 Å². The first-order valence-electron chi connectivity index (χ1n) is 10.6. The van der Waals surface area contributed by atoms with Crippen molar-refractivity contribution in [3.63, 3.8) is 0 Å². The van der Waals surface area contributed by atoms with Crippen LogP contribution in [0, 0.1) is 6.92 Å². The molecule has 172 valence electrons. The van der Waals surface area contributed by atoms with E-state index < -0.39 is 23.2 Å². The molecule has 33 heavy (non-hydrogen) atoms. The molecule has 0 atom stereocenters. The highest BCUT2D eigenvalue weighted by Gasteiger charge is 2.44. The van der Waals surface area contributed by atoms with Gasteiger partial charge in [0.05, 0.1) is 12.2 Å². The normalized spacial score (nSPS) is 14.5. The number of aliphatic carboxylic acids is 1. The zero-order chi connectivity index (χ0) is 23.6. The molecular formula is C26H24F3NO3. The van der Waals surface area contributed by atoms with E-state index in [1.54, 1.807) is 0 Å². The number of ether oxygens (including phenoxy) is 1. The standard InChI is InChI=1S/C26H24F3NO3/c1-17-5-4-6-18(13-17)11-12-33-23-14-21(9-10-22(23)26(27,28)29)30-25(24(31)32)15-19-7-2-3-8-20(19)16-25/h2-10,13-14,30H,11-12,15-16H2,1H3,(H,31,32). The number of fused-ring (bicyclic) bond motifs is 1. The van der Waals surface area contributed by atoms with Crippen molar-refractivity contribution in [2.45, 2.75) is 37.9 Å². The highest BCUT2D eigenvalue weighted by atomic mass is 19.4. The van der Waals surface area contributed by atoms with Gasteiger partial charge in [0.15, 0.2) is 0 Å². The van der Waals surface area contributed by atoms with Crippen LogP contribution in [0.2, 0.25) is 0 Å². The first-order chi connectivity index (χ1) is 15.7. The monoisotopic (exact) mass is 455 g/mol. The maximum absolute atomic E-state index is 13.6. The number of alkyl halides is 3. The predicted octanol–water partition coefficient (Wildman–Crippen LogP) is 5.67. The smallest absolute Gasteiger partial charge is 0.419 e. The van der Waals surface area contributed by atoms with Gasteiger partial charge in [-0.15, -0.1) is 0 Å². The zero-order valence-electron chi connectivity index (χ0n) is 18.1. The third kappa shape index (κ3) is 4.97. The Bertz CT molecular complexity index is 1150. The fourth-order valence-corrected chi connectivity index (χ4v) is 4.28. The molecule has 4 rings (SSSR count). The number of carbonyl (C=O) groups is 1. The average molecular weight is 455 g/mol. The van der Waals surface area contributed by atoms with E-state index in [1.807, 2.05) is 55.5 Å². The van der Waals surface area contributed by atoms with Gasteiger partial charge in [-0.05, 0) is 35.7 Å². The Kier molecular flexibility index (Phi) is 6.06. The largest absolute Gasteiger partial charge is 0.493 e. The second kappa shape index (κ2) is 8.81. The van der Waals surface area contributed by atoms with Crippen LogP contribution in [0.15, 0.2) is 66.7 Å². The summed E-state index contributed by atoms with van der Waals surface area (Å²) in [6.45, 7) is 2.01. The van der Waals surface area contributed by atoms with Crippen LogP contribution in [0.3, 0.4) is 0 Å². The molecule has 1 aliphatic carbocycles. The molecule has 0 radical (unpaired) electrons. The van der Waals surface area contributed by atoms with E-state index >= 15 is 0 Å². The Labute approximate surface area is 190 Å². The van der Waals surface area contributed by atoms with Crippen molar-refractivity contribution in [2.24, 2.45) is 0 Å². The lowest BCUT2D eigenvalue weighted by Gasteiger charge is -2.27. The van der Waals surface area contributed by atoms with Gasteiger partial charge in [0.2, 0.25) is 0 Å². The van der Waals surface area contributed by atoms with Gasteiger partial charge in [-0.3, -0.25) is 0 Å². The molecule has 3 aromatic rings. The Balaban J connectivity index is 1.57. The van der Waals surface area contributed by atoms with E-state index in [9.17, 15) is 23.1 Å². The van der Waals surface area contributed by atoms with Crippen LogP contribution >= 0.6 is 0 Å². The Morgan fingerprint density at radius 3 is 2.33 bits per heavy atom. The number of hydrogen-bond donors (Lipinski definition) is 2. The first-order valence-corrected chi connectivity index (χ1v) is 10.6. The fraction of sp³-hybridized carbons (Fsp3) is 0.269. The molecule has 0 spiro atoms. The minimum atomic E-state index is -4.59.